The molecule has 0 aliphatic heterocycles. The third-order valence-electron chi connectivity index (χ3n) is 10.2. The van der Waals surface area contributed by atoms with Crippen LogP contribution in [0.1, 0.15) is 31.8 Å². The molecule has 9 rings (SSSR count). The number of nitrogens with one attached hydrogen (secondary N) is 6. The summed E-state index contributed by atoms with van der Waals surface area (Å²) in [4.78, 5) is 68.5. The Kier molecular flexibility index (Phi) is 11.5. The number of carbonyl (C=O) groups is 4. The van der Waals surface area contributed by atoms with Gasteiger partial charge >= 0.3 is 0 Å². The van der Waals surface area contributed by atoms with Crippen LogP contribution in [0.5, 0.6) is 0 Å². The third-order valence-corrected chi connectivity index (χ3v) is 10.2. The number of aromatic nitrogens is 4. The van der Waals surface area contributed by atoms with Crippen molar-refractivity contribution < 1.29 is 19.2 Å². The summed E-state index contributed by atoms with van der Waals surface area (Å²) in [6.45, 7) is 0. The first-order chi connectivity index (χ1) is 31.3. The minimum absolute atomic E-state index is 0.317. The molecule has 0 unspecified atom stereocenters. The van der Waals surface area contributed by atoms with Crippen molar-refractivity contribution in [3.8, 4) is 22.8 Å². The van der Waals surface area contributed by atoms with E-state index in [1.807, 2.05) is 97.1 Å². The van der Waals surface area contributed by atoms with Crippen LogP contribution in [0, 0.1) is 0 Å². The highest BCUT2D eigenvalue weighted by Gasteiger charge is 2.16. The van der Waals surface area contributed by atoms with Crippen molar-refractivity contribution in [3.05, 3.63) is 204 Å². The van der Waals surface area contributed by atoms with Crippen LogP contribution in [0.4, 0.5) is 22.7 Å². The molecule has 64 heavy (non-hydrogen) atoms. The molecule has 12 nitrogen and oxygen atoms in total. The topological polar surface area (TPSA) is 174 Å². The van der Waals surface area contributed by atoms with Crippen LogP contribution in [-0.4, -0.2) is 43.6 Å². The molecule has 7 aromatic carbocycles. The Morgan fingerprint density at radius 1 is 0.422 bits per heavy atom. The Hall–Kier alpha value is -9.16. The molecule has 310 valence electrons. The van der Waals surface area contributed by atoms with Gasteiger partial charge in [0, 0.05) is 34.7 Å². The van der Waals surface area contributed by atoms with E-state index in [1.165, 1.54) is 12.2 Å². The van der Waals surface area contributed by atoms with Crippen LogP contribution in [0.15, 0.2) is 182 Å². The maximum absolute atomic E-state index is 13.4. The summed E-state index contributed by atoms with van der Waals surface area (Å²) in [5.74, 6) is -0.164. The summed E-state index contributed by atoms with van der Waals surface area (Å²) in [5, 5.41) is 11.5. The van der Waals surface area contributed by atoms with Gasteiger partial charge in [-0.3, -0.25) is 19.2 Å². The lowest BCUT2D eigenvalue weighted by Gasteiger charge is -2.10. The second-order valence-electron chi connectivity index (χ2n) is 14.7. The number of aromatic amines is 2. The molecule has 0 aliphatic rings. The molecule has 0 bridgehead atoms. The average molecular weight is 839 g/mol. The van der Waals surface area contributed by atoms with Crippen LogP contribution in [0.25, 0.3) is 57.0 Å². The highest BCUT2D eigenvalue weighted by Crippen LogP contribution is 2.28. The summed E-state index contributed by atoms with van der Waals surface area (Å²) in [6, 6.07) is 51.3. The number of imidazole rings is 2. The van der Waals surface area contributed by atoms with Crippen LogP contribution < -0.4 is 21.3 Å². The van der Waals surface area contributed by atoms with E-state index >= 15 is 0 Å². The van der Waals surface area contributed by atoms with Gasteiger partial charge < -0.3 is 31.2 Å². The lowest BCUT2D eigenvalue weighted by atomic mass is 10.1. The molecule has 6 N–H and O–H groups in total. The number of hydrogen-bond donors (Lipinski definition) is 6. The van der Waals surface area contributed by atoms with Crippen molar-refractivity contribution in [1.29, 1.82) is 0 Å². The van der Waals surface area contributed by atoms with E-state index in [2.05, 4.69) is 31.2 Å². The number of carbonyl (C=O) groups excluding carboxylic acids is 4. The first kappa shape index (κ1) is 40.3. The number of H-pyrrole nitrogens is 2. The van der Waals surface area contributed by atoms with Crippen molar-refractivity contribution in [2.24, 2.45) is 0 Å². The van der Waals surface area contributed by atoms with Gasteiger partial charge in [0.05, 0.1) is 44.6 Å². The van der Waals surface area contributed by atoms with Crippen molar-refractivity contribution in [2.75, 3.05) is 21.3 Å². The fraction of sp³-hybridized carbons (Fsp3) is 0. The Morgan fingerprint density at radius 3 is 1.23 bits per heavy atom. The molecule has 0 spiro atoms. The Balaban J connectivity index is 0.842. The normalized spacial score (nSPS) is 11.2. The Labute approximate surface area is 366 Å². The van der Waals surface area contributed by atoms with Gasteiger partial charge in [0.1, 0.15) is 11.6 Å². The Bertz CT molecular complexity index is 3030. The zero-order chi connectivity index (χ0) is 43.8. The fourth-order valence-electron chi connectivity index (χ4n) is 7.02. The predicted octanol–water partition coefficient (Wildman–Crippen LogP) is 10.6. The maximum Gasteiger partial charge on any atom is 0.257 e. The molecule has 0 fully saturated rings. The van der Waals surface area contributed by atoms with Crippen molar-refractivity contribution in [2.45, 2.75) is 0 Å². The second kappa shape index (κ2) is 18.2. The van der Waals surface area contributed by atoms with E-state index < -0.39 is 0 Å². The van der Waals surface area contributed by atoms with E-state index in [1.54, 1.807) is 84.9 Å². The third kappa shape index (κ3) is 9.41. The summed E-state index contributed by atoms with van der Waals surface area (Å²) in [6.07, 6.45) is 6.28. The predicted molar refractivity (Wildman–Crippen MR) is 254 cm³/mol. The van der Waals surface area contributed by atoms with E-state index in [0.717, 1.165) is 33.3 Å². The number of nitrogens with zero attached hydrogens (tertiary/aromatic N) is 2. The van der Waals surface area contributed by atoms with Crippen molar-refractivity contribution >= 4 is 80.6 Å². The molecule has 9 aromatic rings. The molecule has 4 amide bonds. The van der Waals surface area contributed by atoms with Gasteiger partial charge in [-0.1, -0.05) is 109 Å². The van der Waals surface area contributed by atoms with Gasteiger partial charge in [0.15, 0.2) is 0 Å². The van der Waals surface area contributed by atoms with Gasteiger partial charge in [0.2, 0.25) is 11.8 Å². The zero-order valence-corrected chi connectivity index (χ0v) is 34.0. The van der Waals surface area contributed by atoms with Crippen LogP contribution >= 0.6 is 0 Å². The molecule has 0 saturated heterocycles. The first-order valence-corrected chi connectivity index (χ1v) is 20.3. The van der Waals surface area contributed by atoms with Crippen LogP contribution in [-0.2, 0) is 9.59 Å². The highest BCUT2D eigenvalue weighted by atomic mass is 16.2. The molecule has 0 saturated carbocycles. The van der Waals surface area contributed by atoms with E-state index in [0.29, 0.717) is 56.6 Å². The summed E-state index contributed by atoms with van der Waals surface area (Å²) in [7, 11) is 0. The smallest absolute Gasteiger partial charge is 0.257 e. The molecule has 0 radical (unpaired) electrons. The maximum atomic E-state index is 13.4. The van der Waals surface area contributed by atoms with Crippen molar-refractivity contribution in [3.63, 3.8) is 0 Å². The minimum Gasteiger partial charge on any atom is -0.338 e. The molecule has 2 heterocycles. The van der Waals surface area contributed by atoms with E-state index in [-0.39, 0.29) is 23.6 Å². The number of rotatable bonds is 12. The number of amides is 4. The van der Waals surface area contributed by atoms with Gasteiger partial charge in [0.25, 0.3) is 11.8 Å². The summed E-state index contributed by atoms with van der Waals surface area (Å²) in [5.41, 5.74) is 8.88. The lowest BCUT2D eigenvalue weighted by molar-refractivity contribution is -0.112. The first-order valence-electron chi connectivity index (χ1n) is 20.3. The van der Waals surface area contributed by atoms with E-state index in [4.69, 9.17) is 9.97 Å². The molecule has 0 atom stereocenters. The van der Waals surface area contributed by atoms with Crippen LogP contribution in [0.3, 0.4) is 0 Å². The highest BCUT2D eigenvalue weighted by molar-refractivity contribution is 6.13. The van der Waals surface area contributed by atoms with E-state index in [9.17, 15) is 19.2 Å². The van der Waals surface area contributed by atoms with Gasteiger partial charge in [-0.25, -0.2) is 9.97 Å². The molecule has 12 heteroatoms. The number of para-hydroxylation sites is 2. The second-order valence-corrected chi connectivity index (χ2v) is 14.7. The SMILES string of the molecule is O=C(C=Cc1ccccc1)Nc1ccccc1C(=O)Nc1ccc2[nH]c(-c3ccc(-c4nc5cc(NC(=O)c6ccccc6NC(=O)C=Cc6ccccc6)ccc5[nH]4)cc3)nc2c1. The number of fused-ring (bicyclic) bond motifs is 2. The standard InChI is InChI=1S/C52H38N8O4/c61-47(29-19-33-11-3-1-4-12-33)55-41-17-9-7-15-39(41)51(63)53-37-25-27-43-45(31-37)59-49(57-43)35-21-23-36(24-22-35)50-58-44-28-26-38(32-46(44)60-50)54-52(64)40-16-8-10-18-42(40)56-48(62)30-20-34-13-5-2-6-14-34/h1-32H,(H,53,63)(H,54,64)(H,55,61)(H,56,62)(H,57,59)(H,58,60). The van der Waals surface area contributed by atoms with Gasteiger partial charge in [-0.2, -0.15) is 0 Å². The molecule has 0 aliphatic carbocycles. The number of anilines is 4. The average Bonchev–Trinajstić information content (AvgIpc) is 3.96. The quantitative estimate of drug-likeness (QED) is 0.0668. The zero-order valence-electron chi connectivity index (χ0n) is 34.0. The molecular weight excluding hydrogens is 801 g/mol. The summed E-state index contributed by atoms with van der Waals surface area (Å²) < 4.78 is 0. The number of hydrogen-bond acceptors (Lipinski definition) is 6. The lowest BCUT2D eigenvalue weighted by Crippen LogP contribution is -2.17. The minimum atomic E-state index is -0.378. The number of benzene rings is 7. The van der Waals surface area contributed by atoms with Crippen LogP contribution in [0.2, 0.25) is 0 Å². The Morgan fingerprint density at radius 2 is 0.812 bits per heavy atom. The van der Waals surface area contributed by atoms with Gasteiger partial charge in [-0.15, -0.1) is 0 Å². The largest absolute Gasteiger partial charge is 0.338 e. The van der Waals surface area contributed by atoms with Gasteiger partial charge in [-0.05, 0) is 83.9 Å². The molecular formula is C52H38N8O4. The fourth-order valence-corrected chi connectivity index (χ4v) is 7.02. The monoisotopic (exact) mass is 838 g/mol. The molecule has 2 aromatic heterocycles. The summed E-state index contributed by atoms with van der Waals surface area (Å²) >= 11 is 0. The van der Waals surface area contributed by atoms with Crippen molar-refractivity contribution in [1.82, 2.24) is 19.9 Å².